The molecular formula is C19H19FN2O2. The van der Waals surface area contributed by atoms with E-state index in [0.29, 0.717) is 25.1 Å². The van der Waals surface area contributed by atoms with Gasteiger partial charge in [0.25, 0.3) is 0 Å². The van der Waals surface area contributed by atoms with Crippen LogP contribution in [0.25, 0.3) is 0 Å². The van der Waals surface area contributed by atoms with Crippen molar-refractivity contribution in [3.63, 3.8) is 0 Å². The summed E-state index contributed by atoms with van der Waals surface area (Å²) in [6, 6.07) is 5.90. The van der Waals surface area contributed by atoms with Crippen LogP contribution in [0.5, 0.6) is 0 Å². The quantitative estimate of drug-likeness (QED) is 0.741. The number of carbonyl (C=O) groups excluding carboxylic acids is 1. The lowest BCUT2D eigenvalue weighted by Gasteiger charge is -2.31. The van der Waals surface area contributed by atoms with E-state index in [1.165, 1.54) is 12.1 Å². The van der Waals surface area contributed by atoms with E-state index < -0.39 is 11.4 Å². The molecule has 0 bridgehead atoms. The van der Waals surface area contributed by atoms with Crippen LogP contribution in [0.2, 0.25) is 0 Å². The van der Waals surface area contributed by atoms with E-state index in [0.717, 1.165) is 5.57 Å². The highest BCUT2D eigenvalue weighted by molar-refractivity contribution is 5.70. The van der Waals surface area contributed by atoms with Crippen LogP contribution in [0.3, 0.4) is 0 Å². The molecule has 24 heavy (non-hydrogen) atoms. The van der Waals surface area contributed by atoms with Gasteiger partial charge in [0.05, 0.1) is 23.8 Å². The van der Waals surface area contributed by atoms with Gasteiger partial charge in [0.15, 0.2) is 0 Å². The van der Waals surface area contributed by atoms with Gasteiger partial charge in [-0.2, -0.15) is 5.26 Å². The van der Waals surface area contributed by atoms with Crippen LogP contribution in [0, 0.1) is 29.0 Å². The largest absolute Gasteiger partial charge is 0.450 e. The molecule has 0 N–H and O–H groups in total. The van der Waals surface area contributed by atoms with Gasteiger partial charge in [-0.1, -0.05) is 11.8 Å². The Kier molecular flexibility index (Phi) is 5.26. The van der Waals surface area contributed by atoms with Crippen molar-refractivity contribution in [1.29, 1.82) is 5.26 Å². The SMILES string of the molecule is CCOC(=O)N1CC/C(=C\C#Cc2cc(F)cc(C#N)c2)C1(C)C. The number of carbonyl (C=O) groups is 1. The molecule has 1 fully saturated rings. The van der Waals surface area contributed by atoms with Crippen LogP contribution in [-0.2, 0) is 4.74 Å². The lowest BCUT2D eigenvalue weighted by Crippen LogP contribution is -2.43. The van der Waals surface area contributed by atoms with E-state index in [1.54, 1.807) is 24.0 Å². The number of likely N-dealkylation sites (tertiary alicyclic amines) is 1. The van der Waals surface area contributed by atoms with E-state index >= 15 is 0 Å². The Hall–Kier alpha value is -2.79. The van der Waals surface area contributed by atoms with Crippen molar-refractivity contribution in [2.24, 2.45) is 0 Å². The number of allylic oxidation sites excluding steroid dienone is 1. The number of ether oxygens (including phenoxy) is 1. The summed E-state index contributed by atoms with van der Waals surface area (Å²) in [5.74, 6) is 5.26. The second kappa shape index (κ2) is 7.19. The third-order valence-electron chi connectivity index (χ3n) is 4.04. The van der Waals surface area contributed by atoms with Gasteiger partial charge < -0.3 is 4.74 Å². The lowest BCUT2D eigenvalue weighted by atomic mass is 9.95. The number of amides is 1. The molecule has 0 radical (unpaired) electrons. The highest BCUT2D eigenvalue weighted by Crippen LogP contribution is 2.34. The normalized spacial score (nSPS) is 17.1. The highest BCUT2D eigenvalue weighted by Gasteiger charge is 2.40. The van der Waals surface area contributed by atoms with Gasteiger partial charge in [-0.05, 0) is 57.0 Å². The number of rotatable bonds is 1. The molecule has 0 saturated carbocycles. The number of benzene rings is 1. The van der Waals surface area contributed by atoms with Crippen molar-refractivity contribution >= 4 is 6.09 Å². The standard InChI is InChI=1S/C19H19FN2O2/c1-4-24-18(23)22-9-8-16(19(22,2)3)7-5-6-14-10-15(13-21)12-17(20)11-14/h7,10-12H,4,8-9H2,1-3H3/b16-7+. The number of hydrogen-bond donors (Lipinski definition) is 0. The zero-order valence-corrected chi connectivity index (χ0v) is 14.0. The number of nitrogens with zero attached hydrogens (tertiary/aromatic N) is 2. The predicted octanol–water partition coefficient (Wildman–Crippen LogP) is 3.62. The van der Waals surface area contributed by atoms with E-state index in [2.05, 4.69) is 11.8 Å². The Morgan fingerprint density at radius 2 is 2.12 bits per heavy atom. The van der Waals surface area contributed by atoms with Gasteiger partial charge in [0, 0.05) is 12.1 Å². The van der Waals surface area contributed by atoms with Crippen LogP contribution in [0.4, 0.5) is 9.18 Å². The fraction of sp³-hybridized carbons (Fsp3) is 0.368. The Labute approximate surface area is 141 Å². The molecule has 0 aromatic heterocycles. The molecule has 1 aromatic rings. The van der Waals surface area contributed by atoms with Crippen molar-refractivity contribution in [2.75, 3.05) is 13.2 Å². The molecule has 1 aliphatic heterocycles. The number of nitriles is 1. The van der Waals surface area contributed by atoms with Crippen molar-refractivity contribution < 1.29 is 13.9 Å². The summed E-state index contributed by atoms with van der Waals surface area (Å²) < 4.78 is 18.5. The average Bonchev–Trinajstić information content (AvgIpc) is 2.82. The number of hydrogen-bond acceptors (Lipinski definition) is 3. The van der Waals surface area contributed by atoms with Gasteiger partial charge in [0.2, 0.25) is 0 Å². The van der Waals surface area contributed by atoms with Crippen LogP contribution < -0.4 is 0 Å². The molecular weight excluding hydrogens is 307 g/mol. The van der Waals surface area contributed by atoms with Crippen molar-refractivity contribution in [1.82, 2.24) is 4.90 Å². The monoisotopic (exact) mass is 326 g/mol. The maximum atomic E-state index is 13.4. The zero-order valence-electron chi connectivity index (χ0n) is 14.0. The fourth-order valence-corrected chi connectivity index (χ4v) is 2.69. The van der Waals surface area contributed by atoms with Crippen LogP contribution in [-0.4, -0.2) is 29.7 Å². The Morgan fingerprint density at radius 1 is 1.42 bits per heavy atom. The fourth-order valence-electron chi connectivity index (χ4n) is 2.69. The number of halogens is 1. The van der Waals surface area contributed by atoms with E-state index in [-0.39, 0.29) is 11.7 Å². The molecule has 1 heterocycles. The average molecular weight is 326 g/mol. The summed E-state index contributed by atoms with van der Waals surface area (Å²) in [7, 11) is 0. The molecule has 1 aliphatic rings. The summed E-state index contributed by atoms with van der Waals surface area (Å²) in [6.07, 6.45) is 2.14. The second-order valence-corrected chi connectivity index (χ2v) is 5.94. The maximum absolute atomic E-state index is 13.4. The molecule has 5 heteroatoms. The lowest BCUT2D eigenvalue weighted by molar-refractivity contribution is 0.0902. The van der Waals surface area contributed by atoms with Crippen LogP contribution >= 0.6 is 0 Å². The highest BCUT2D eigenvalue weighted by atomic mass is 19.1. The predicted molar refractivity (Wildman–Crippen MR) is 88.5 cm³/mol. The Bertz CT molecular complexity index is 779. The summed E-state index contributed by atoms with van der Waals surface area (Å²) in [5, 5.41) is 8.85. The summed E-state index contributed by atoms with van der Waals surface area (Å²) >= 11 is 0. The molecule has 2 rings (SSSR count). The van der Waals surface area contributed by atoms with Gasteiger partial charge in [-0.15, -0.1) is 0 Å². The molecule has 0 atom stereocenters. The Morgan fingerprint density at radius 3 is 2.79 bits per heavy atom. The first-order chi connectivity index (χ1) is 11.4. The third kappa shape index (κ3) is 3.75. The van der Waals surface area contributed by atoms with Crippen molar-refractivity contribution in [3.8, 4) is 17.9 Å². The van der Waals surface area contributed by atoms with Crippen molar-refractivity contribution in [3.05, 3.63) is 46.8 Å². The molecule has 1 saturated heterocycles. The molecule has 0 spiro atoms. The topological polar surface area (TPSA) is 53.3 Å². The second-order valence-electron chi connectivity index (χ2n) is 5.94. The summed E-state index contributed by atoms with van der Waals surface area (Å²) in [5.41, 5.74) is 1.23. The molecule has 1 aromatic carbocycles. The maximum Gasteiger partial charge on any atom is 0.410 e. The zero-order chi connectivity index (χ0) is 17.7. The van der Waals surface area contributed by atoms with Crippen LogP contribution in [0.1, 0.15) is 38.3 Å². The van der Waals surface area contributed by atoms with E-state index in [4.69, 9.17) is 10.00 Å². The minimum absolute atomic E-state index is 0.238. The summed E-state index contributed by atoms with van der Waals surface area (Å²) in [6.45, 7) is 6.58. The Balaban J connectivity index is 2.21. The van der Waals surface area contributed by atoms with Gasteiger partial charge in [-0.3, -0.25) is 4.90 Å². The first kappa shape index (κ1) is 17.6. The molecule has 0 unspecified atom stereocenters. The van der Waals surface area contributed by atoms with Gasteiger partial charge in [0.1, 0.15) is 5.82 Å². The minimum Gasteiger partial charge on any atom is -0.450 e. The molecule has 0 aliphatic carbocycles. The third-order valence-corrected chi connectivity index (χ3v) is 4.04. The van der Waals surface area contributed by atoms with Crippen LogP contribution in [0.15, 0.2) is 29.8 Å². The van der Waals surface area contributed by atoms with E-state index in [1.807, 2.05) is 19.9 Å². The first-order valence-electron chi connectivity index (χ1n) is 7.74. The summed E-state index contributed by atoms with van der Waals surface area (Å²) in [4.78, 5) is 13.7. The molecule has 124 valence electrons. The minimum atomic E-state index is -0.485. The van der Waals surface area contributed by atoms with Gasteiger partial charge in [-0.25, -0.2) is 9.18 Å². The van der Waals surface area contributed by atoms with E-state index in [9.17, 15) is 9.18 Å². The van der Waals surface area contributed by atoms with Gasteiger partial charge >= 0.3 is 6.09 Å². The first-order valence-corrected chi connectivity index (χ1v) is 7.74. The molecule has 1 amide bonds. The molecule has 4 nitrogen and oxygen atoms in total. The van der Waals surface area contributed by atoms with Crippen molar-refractivity contribution in [2.45, 2.75) is 32.7 Å². The smallest absolute Gasteiger partial charge is 0.410 e.